The normalized spacial score (nSPS) is 18.3. The molecule has 0 aromatic heterocycles. The molecule has 6 nitrogen and oxygen atoms in total. The number of hydrogen-bond donors (Lipinski definition) is 1. The van der Waals surface area contributed by atoms with E-state index >= 15 is 0 Å². The van der Waals surface area contributed by atoms with Crippen LogP contribution in [-0.2, 0) is 9.53 Å². The fourth-order valence-corrected chi connectivity index (χ4v) is 2.52. The molecule has 1 N–H and O–H groups in total. The van der Waals surface area contributed by atoms with Crippen LogP contribution in [0.4, 0.5) is 5.69 Å². The first-order valence-corrected chi connectivity index (χ1v) is 8.09. The molecule has 1 aliphatic rings. The molecule has 0 spiro atoms. The molecule has 6 heteroatoms. The highest BCUT2D eigenvalue weighted by molar-refractivity contribution is 5.96. The van der Waals surface area contributed by atoms with Gasteiger partial charge in [-0.25, -0.2) is 4.79 Å². The van der Waals surface area contributed by atoms with Crippen molar-refractivity contribution in [3.63, 3.8) is 0 Å². The van der Waals surface area contributed by atoms with Crippen LogP contribution in [0.25, 0.3) is 0 Å². The predicted octanol–water partition coefficient (Wildman–Crippen LogP) is 3.03. The molecule has 0 saturated carbocycles. The molecular weight excluding hydrogens is 322 g/mol. The molecule has 1 aliphatic heterocycles. The van der Waals surface area contributed by atoms with E-state index in [0.717, 1.165) is 0 Å². The van der Waals surface area contributed by atoms with E-state index < -0.39 is 18.2 Å². The van der Waals surface area contributed by atoms with Crippen LogP contribution < -0.4 is 14.8 Å². The van der Waals surface area contributed by atoms with Gasteiger partial charge in [0.05, 0.1) is 12.2 Å². The second kappa shape index (κ2) is 7.25. The average molecular weight is 341 g/mol. The van der Waals surface area contributed by atoms with Gasteiger partial charge in [-0.3, -0.25) is 4.79 Å². The molecule has 2 aromatic rings. The van der Waals surface area contributed by atoms with E-state index in [4.69, 9.17) is 14.2 Å². The molecule has 1 heterocycles. The summed E-state index contributed by atoms with van der Waals surface area (Å²) in [4.78, 5) is 24.1. The molecule has 2 atom stereocenters. The fraction of sp³-hybridized carbons (Fsp3) is 0.263. The number of amides is 1. The van der Waals surface area contributed by atoms with Gasteiger partial charge >= 0.3 is 5.97 Å². The maximum Gasteiger partial charge on any atom is 0.338 e. The smallest absolute Gasteiger partial charge is 0.338 e. The monoisotopic (exact) mass is 341 g/mol. The molecular formula is C19H19NO5. The Morgan fingerprint density at radius 3 is 2.32 bits per heavy atom. The minimum absolute atomic E-state index is 0.314. The molecule has 2 unspecified atom stereocenters. The van der Waals surface area contributed by atoms with Crippen molar-refractivity contribution in [2.24, 2.45) is 0 Å². The van der Waals surface area contributed by atoms with Crippen LogP contribution in [0.1, 0.15) is 24.2 Å². The van der Waals surface area contributed by atoms with Gasteiger partial charge in [-0.1, -0.05) is 12.1 Å². The summed E-state index contributed by atoms with van der Waals surface area (Å²) in [6, 6.07) is 13.7. The number of benzene rings is 2. The van der Waals surface area contributed by atoms with E-state index in [0.29, 0.717) is 29.4 Å². The molecule has 3 rings (SSSR count). The van der Waals surface area contributed by atoms with Gasteiger partial charge in [0, 0.05) is 5.69 Å². The lowest BCUT2D eigenvalue weighted by Crippen LogP contribution is -2.46. The minimum atomic E-state index is -0.764. The van der Waals surface area contributed by atoms with Crippen molar-refractivity contribution in [3.05, 3.63) is 54.1 Å². The van der Waals surface area contributed by atoms with Crippen LogP contribution in [0, 0.1) is 0 Å². The Kier molecular flexibility index (Phi) is 4.88. The quantitative estimate of drug-likeness (QED) is 0.865. The van der Waals surface area contributed by atoms with Gasteiger partial charge < -0.3 is 19.5 Å². The second-order valence-corrected chi connectivity index (χ2v) is 5.60. The summed E-state index contributed by atoms with van der Waals surface area (Å²) in [5.41, 5.74) is 0.993. The molecule has 25 heavy (non-hydrogen) atoms. The minimum Gasteiger partial charge on any atom is -0.482 e. The maximum absolute atomic E-state index is 12.5. The third-order valence-electron chi connectivity index (χ3n) is 3.76. The Hall–Kier alpha value is -3.02. The number of rotatable bonds is 4. The Bertz CT molecular complexity index is 772. The number of hydrogen-bond acceptors (Lipinski definition) is 5. The van der Waals surface area contributed by atoms with E-state index in [1.807, 2.05) is 12.1 Å². The van der Waals surface area contributed by atoms with Crippen LogP contribution in [0.3, 0.4) is 0 Å². The van der Waals surface area contributed by atoms with E-state index in [1.54, 1.807) is 50.2 Å². The Morgan fingerprint density at radius 2 is 1.68 bits per heavy atom. The van der Waals surface area contributed by atoms with Crippen molar-refractivity contribution >= 4 is 17.6 Å². The first-order valence-electron chi connectivity index (χ1n) is 8.09. The summed E-state index contributed by atoms with van der Waals surface area (Å²) in [6.45, 7) is 3.85. The van der Waals surface area contributed by atoms with Crippen LogP contribution in [0.2, 0.25) is 0 Å². The predicted molar refractivity (Wildman–Crippen MR) is 92.0 cm³/mol. The van der Waals surface area contributed by atoms with Gasteiger partial charge in [-0.05, 0) is 50.2 Å². The van der Waals surface area contributed by atoms with E-state index in [2.05, 4.69) is 5.32 Å². The van der Waals surface area contributed by atoms with Gasteiger partial charge in [-0.15, -0.1) is 0 Å². The van der Waals surface area contributed by atoms with E-state index in [-0.39, 0.29) is 5.91 Å². The Balaban J connectivity index is 1.67. The summed E-state index contributed by atoms with van der Waals surface area (Å²) in [5, 5.41) is 2.77. The highest BCUT2D eigenvalue weighted by Crippen LogP contribution is 2.33. The molecule has 0 radical (unpaired) electrons. The number of ether oxygens (including phenoxy) is 3. The van der Waals surface area contributed by atoms with Crippen LogP contribution in [0.5, 0.6) is 11.5 Å². The number of esters is 1. The summed E-state index contributed by atoms with van der Waals surface area (Å²) >= 11 is 0. The molecule has 2 aromatic carbocycles. The Morgan fingerprint density at radius 1 is 1.04 bits per heavy atom. The number of carbonyl (C=O) groups is 2. The van der Waals surface area contributed by atoms with Gasteiger partial charge in [0.25, 0.3) is 5.91 Å². The van der Waals surface area contributed by atoms with Gasteiger partial charge in [0.2, 0.25) is 6.10 Å². The van der Waals surface area contributed by atoms with Crippen LogP contribution in [-0.4, -0.2) is 30.7 Å². The fourth-order valence-electron chi connectivity index (χ4n) is 2.52. The van der Waals surface area contributed by atoms with E-state index in [1.165, 1.54) is 0 Å². The summed E-state index contributed by atoms with van der Waals surface area (Å²) in [6.07, 6.45) is -1.19. The zero-order chi connectivity index (χ0) is 17.8. The van der Waals surface area contributed by atoms with Crippen molar-refractivity contribution in [2.75, 3.05) is 11.9 Å². The van der Waals surface area contributed by atoms with Crippen molar-refractivity contribution in [1.29, 1.82) is 0 Å². The summed E-state index contributed by atoms with van der Waals surface area (Å²) in [5.74, 6) is 0.455. The maximum atomic E-state index is 12.5. The molecule has 0 saturated heterocycles. The van der Waals surface area contributed by atoms with Crippen LogP contribution >= 0.6 is 0 Å². The number of nitrogens with one attached hydrogen (secondary N) is 1. The first-order chi connectivity index (χ1) is 12.1. The topological polar surface area (TPSA) is 73.9 Å². The van der Waals surface area contributed by atoms with Crippen molar-refractivity contribution in [3.8, 4) is 11.5 Å². The van der Waals surface area contributed by atoms with Crippen molar-refractivity contribution in [1.82, 2.24) is 0 Å². The van der Waals surface area contributed by atoms with Gasteiger partial charge in [0.15, 0.2) is 11.5 Å². The molecule has 0 bridgehead atoms. The average Bonchev–Trinajstić information content (AvgIpc) is 2.62. The molecule has 0 fully saturated rings. The largest absolute Gasteiger partial charge is 0.482 e. The zero-order valence-electron chi connectivity index (χ0n) is 14.0. The number of para-hydroxylation sites is 2. The van der Waals surface area contributed by atoms with Gasteiger partial charge in [0.1, 0.15) is 6.10 Å². The summed E-state index contributed by atoms with van der Waals surface area (Å²) < 4.78 is 16.4. The van der Waals surface area contributed by atoms with Crippen LogP contribution in [0.15, 0.2) is 48.5 Å². The molecule has 130 valence electrons. The van der Waals surface area contributed by atoms with Crippen molar-refractivity contribution in [2.45, 2.75) is 26.1 Å². The lowest BCUT2D eigenvalue weighted by Gasteiger charge is -2.31. The lowest BCUT2D eigenvalue weighted by molar-refractivity contribution is -0.128. The molecule has 1 amide bonds. The highest BCUT2D eigenvalue weighted by atomic mass is 16.6. The summed E-state index contributed by atoms with van der Waals surface area (Å²) in [7, 11) is 0. The lowest BCUT2D eigenvalue weighted by atomic mass is 10.1. The standard InChI is InChI=1S/C19H19NO5/c1-3-23-19(22)13-8-10-14(11-9-13)20-18(21)17-12(2)24-15-6-4-5-7-16(15)25-17/h4-12,17H,3H2,1-2H3,(H,20,21). The second-order valence-electron chi connectivity index (χ2n) is 5.60. The number of fused-ring (bicyclic) bond motifs is 1. The molecule has 0 aliphatic carbocycles. The number of anilines is 1. The van der Waals surface area contributed by atoms with Crippen molar-refractivity contribution < 1.29 is 23.8 Å². The number of carbonyl (C=O) groups excluding carboxylic acids is 2. The third kappa shape index (κ3) is 3.74. The zero-order valence-corrected chi connectivity index (χ0v) is 14.0. The van der Waals surface area contributed by atoms with Gasteiger partial charge in [-0.2, -0.15) is 0 Å². The Labute approximate surface area is 145 Å². The SMILES string of the molecule is CCOC(=O)c1ccc(NC(=O)C2Oc3ccccc3OC2C)cc1. The first kappa shape index (κ1) is 16.8. The highest BCUT2D eigenvalue weighted by Gasteiger charge is 2.34. The third-order valence-corrected chi connectivity index (χ3v) is 3.76. The van der Waals surface area contributed by atoms with E-state index in [9.17, 15) is 9.59 Å².